The van der Waals surface area contributed by atoms with Gasteiger partial charge >= 0.3 is 5.92 Å². The van der Waals surface area contributed by atoms with E-state index in [0.717, 1.165) is 49.3 Å². The molecule has 0 bridgehead atoms. The highest BCUT2D eigenvalue weighted by atomic mass is 19.3. The van der Waals surface area contributed by atoms with Crippen molar-refractivity contribution in [1.29, 1.82) is 0 Å². The fraction of sp³-hybridized carbons (Fsp3) is 0.455. The number of pyridine rings is 1. The Labute approximate surface area is 179 Å². The first kappa shape index (κ1) is 21.3. The Morgan fingerprint density at radius 3 is 2.58 bits per heavy atom. The molecule has 1 amide bonds. The molecule has 3 aromatic rings. The molecule has 0 saturated carbocycles. The van der Waals surface area contributed by atoms with E-state index in [0.29, 0.717) is 17.2 Å². The van der Waals surface area contributed by atoms with E-state index in [9.17, 15) is 13.6 Å². The molecular formula is C22H26F2N6O. The first-order valence-electron chi connectivity index (χ1n) is 10.3. The number of hydrogen-bond acceptors (Lipinski definition) is 5. The predicted octanol–water partition coefficient (Wildman–Crippen LogP) is 4.14. The van der Waals surface area contributed by atoms with E-state index in [-0.39, 0.29) is 11.9 Å². The summed E-state index contributed by atoms with van der Waals surface area (Å²) in [5.41, 5.74) is 2.51. The van der Waals surface area contributed by atoms with E-state index >= 15 is 0 Å². The second-order valence-corrected chi connectivity index (χ2v) is 8.36. The average molecular weight is 428 g/mol. The fourth-order valence-corrected chi connectivity index (χ4v) is 4.08. The number of alkyl halides is 2. The molecule has 0 aliphatic carbocycles. The van der Waals surface area contributed by atoms with Gasteiger partial charge in [-0.3, -0.25) is 4.79 Å². The molecule has 0 unspecified atom stereocenters. The summed E-state index contributed by atoms with van der Waals surface area (Å²) in [5.74, 6) is -3.46. The van der Waals surface area contributed by atoms with Gasteiger partial charge in [-0.2, -0.15) is 8.78 Å². The summed E-state index contributed by atoms with van der Waals surface area (Å²) in [5, 5.41) is 3.51. The van der Waals surface area contributed by atoms with Gasteiger partial charge in [0.25, 0.3) is 0 Å². The van der Waals surface area contributed by atoms with E-state index in [1.165, 1.54) is 6.92 Å². The third kappa shape index (κ3) is 4.41. The molecule has 0 radical (unpaired) electrons. The highest BCUT2D eigenvalue weighted by molar-refractivity contribution is 5.98. The monoisotopic (exact) mass is 428 g/mol. The number of carbonyl (C=O) groups is 1. The Morgan fingerprint density at radius 2 is 1.94 bits per heavy atom. The predicted molar refractivity (Wildman–Crippen MR) is 115 cm³/mol. The average Bonchev–Trinajstić information content (AvgIpc) is 3.06. The van der Waals surface area contributed by atoms with Gasteiger partial charge in [0.05, 0.1) is 17.4 Å². The van der Waals surface area contributed by atoms with E-state index in [1.807, 2.05) is 6.20 Å². The zero-order valence-corrected chi connectivity index (χ0v) is 18.1. The van der Waals surface area contributed by atoms with Crippen molar-refractivity contribution in [3.05, 3.63) is 36.0 Å². The van der Waals surface area contributed by atoms with Crippen LogP contribution in [-0.4, -0.2) is 50.5 Å². The molecular weight excluding hydrogens is 402 g/mol. The smallest absolute Gasteiger partial charge is 0.303 e. The van der Waals surface area contributed by atoms with Gasteiger partial charge in [-0.15, -0.1) is 0 Å². The van der Waals surface area contributed by atoms with Crippen LogP contribution >= 0.6 is 0 Å². The maximum Gasteiger partial charge on any atom is 0.303 e. The van der Waals surface area contributed by atoms with Gasteiger partial charge in [0.1, 0.15) is 5.82 Å². The van der Waals surface area contributed by atoms with Crippen LogP contribution < -0.4 is 5.32 Å². The van der Waals surface area contributed by atoms with E-state index in [4.69, 9.17) is 0 Å². The van der Waals surface area contributed by atoms with Gasteiger partial charge < -0.3 is 14.8 Å². The third-order valence-electron chi connectivity index (χ3n) is 5.63. The number of rotatable bonds is 4. The molecule has 1 saturated heterocycles. The van der Waals surface area contributed by atoms with Crippen LogP contribution in [0.1, 0.15) is 44.2 Å². The number of aryl methyl sites for hydroxylation is 1. The highest BCUT2D eigenvalue weighted by Gasteiger charge is 2.30. The Kier molecular flexibility index (Phi) is 5.47. The molecule has 0 spiro atoms. The number of likely N-dealkylation sites (tertiary alicyclic amines) is 1. The number of halogens is 2. The van der Waals surface area contributed by atoms with E-state index in [1.54, 1.807) is 25.3 Å². The maximum absolute atomic E-state index is 14.0. The molecule has 9 heteroatoms. The second kappa shape index (κ2) is 7.96. The van der Waals surface area contributed by atoms with Crippen molar-refractivity contribution in [3.63, 3.8) is 0 Å². The largest absolute Gasteiger partial charge is 0.342 e. The molecule has 7 nitrogen and oxygen atoms in total. The van der Waals surface area contributed by atoms with Gasteiger partial charge in [-0.05, 0) is 52.0 Å². The van der Waals surface area contributed by atoms with Crippen molar-refractivity contribution in [2.24, 2.45) is 0 Å². The number of nitrogens with one attached hydrogen (secondary N) is 1. The summed E-state index contributed by atoms with van der Waals surface area (Å²) >= 11 is 0. The Morgan fingerprint density at radius 1 is 1.23 bits per heavy atom. The number of piperidine rings is 1. The molecule has 1 fully saturated rings. The van der Waals surface area contributed by atoms with Crippen LogP contribution in [0, 0.1) is 6.92 Å². The van der Waals surface area contributed by atoms with E-state index in [2.05, 4.69) is 36.8 Å². The molecule has 0 aromatic carbocycles. The van der Waals surface area contributed by atoms with Gasteiger partial charge in [-0.1, -0.05) is 0 Å². The minimum atomic E-state index is -3.14. The summed E-state index contributed by atoms with van der Waals surface area (Å²) < 4.78 is 30.2. The normalized spacial score (nSPS) is 16.1. The zero-order valence-electron chi connectivity index (χ0n) is 18.1. The number of anilines is 1. The molecule has 1 aliphatic heterocycles. The highest BCUT2D eigenvalue weighted by Crippen LogP contribution is 2.36. The number of hydrogen-bond donors (Lipinski definition) is 1. The minimum absolute atomic E-state index is 0.228. The summed E-state index contributed by atoms with van der Waals surface area (Å²) in [4.78, 5) is 26.3. The van der Waals surface area contributed by atoms with Gasteiger partial charge in [0.2, 0.25) is 5.91 Å². The molecule has 1 N–H and O–H groups in total. The van der Waals surface area contributed by atoms with Crippen LogP contribution in [-0.2, 0) is 10.7 Å². The first-order chi connectivity index (χ1) is 14.6. The standard InChI is InChI=1S/C22H26F2N6O/c1-13-9-18(28-21(26-13)22(3,23)24)17-12-30(15-5-7-29(4)8-6-15)19-11-25-20(10-16(17)19)27-14(2)31/h9-12,15H,5-8H2,1-4H3,(H,25,27,31). The summed E-state index contributed by atoms with van der Waals surface area (Å²) in [6, 6.07) is 3.76. The quantitative estimate of drug-likeness (QED) is 0.676. The van der Waals surface area contributed by atoms with Gasteiger partial charge in [-0.25, -0.2) is 15.0 Å². The molecule has 3 aromatic heterocycles. The Balaban J connectivity index is 1.89. The SMILES string of the molecule is CC(=O)Nc1cc2c(-c3cc(C)nc(C(C)(F)F)n3)cn(C3CCN(C)CC3)c2cn1. The second-order valence-electron chi connectivity index (χ2n) is 8.36. The molecule has 1 aliphatic rings. The topological polar surface area (TPSA) is 75.9 Å². The minimum Gasteiger partial charge on any atom is -0.342 e. The molecule has 0 atom stereocenters. The lowest BCUT2D eigenvalue weighted by molar-refractivity contribution is -0.114. The third-order valence-corrected chi connectivity index (χ3v) is 5.63. The van der Waals surface area contributed by atoms with Crippen LogP contribution in [0.5, 0.6) is 0 Å². The fourth-order valence-electron chi connectivity index (χ4n) is 4.08. The molecule has 31 heavy (non-hydrogen) atoms. The number of amides is 1. The van der Waals surface area contributed by atoms with Crippen LogP contribution in [0.4, 0.5) is 14.6 Å². The van der Waals surface area contributed by atoms with Gasteiger partial charge in [0.15, 0.2) is 5.82 Å². The zero-order chi connectivity index (χ0) is 22.3. The summed E-state index contributed by atoms with van der Waals surface area (Å²) in [6.07, 6.45) is 5.66. The number of nitrogens with zero attached hydrogens (tertiary/aromatic N) is 5. The van der Waals surface area contributed by atoms with Crippen molar-refractivity contribution in [2.75, 3.05) is 25.5 Å². The first-order valence-corrected chi connectivity index (χ1v) is 10.3. The van der Waals surface area contributed by atoms with E-state index < -0.39 is 11.7 Å². The van der Waals surface area contributed by atoms with Crippen LogP contribution in [0.2, 0.25) is 0 Å². The Hall–Kier alpha value is -2.94. The summed E-state index contributed by atoms with van der Waals surface area (Å²) in [6.45, 7) is 5.86. The Bertz CT molecular complexity index is 1130. The lowest BCUT2D eigenvalue weighted by Crippen LogP contribution is -2.31. The van der Waals surface area contributed by atoms with Crippen molar-refractivity contribution >= 4 is 22.6 Å². The number of fused-ring (bicyclic) bond motifs is 1. The lowest BCUT2D eigenvalue weighted by atomic mass is 10.1. The molecule has 164 valence electrons. The van der Waals surface area contributed by atoms with Gasteiger partial charge in [0, 0.05) is 42.7 Å². The summed E-state index contributed by atoms with van der Waals surface area (Å²) in [7, 11) is 2.10. The number of aromatic nitrogens is 4. The molecule has 4 heterocycles. The number of carbonyl (C=O) groups excluding carboxylic acids is 1. The van der Waals surface area contributed by atoms with Crippen molar-refractivity contribution in [3.8, 4) is 11.3 Å². The van der Waals surface area contributed by atoms with Crippen molar-refractivity contribution in [1.82, 2.24) is 24.4 Å². The van der Waals surface area contributed by atoms with Crippen LogP contribution in [0.25, 0.3) is 22.2 Å². The van der Waals surface area contributed by atoms with Crippen molar-refractivity contribution in [2.45, 2.75) is 45.6 Å². The van der Waals surface area contributed by atoms with Crippen LogP contribution in [0.15, 0.2) is 24.5 Å². The molecule has 4 rings (SSSR count). The van der Waals surface area contributed by atoms with Crippen molar-refractivity contribution < 1.29 is 13.6 Å². The van der Waals surface area contributed by atoms with Crippen LogP contribution in [0.3, 0.4) is 0 Å². The lowest BCUT2D eigenvalue weighted by Gasteiger charge is -2.30. The maximum atomic E-state index is 14.0.